The molecule has 1 aromatic heterocycles. The number of nitrogens with zero attached hydrogens (tertiary/aromatic N) is 2. The van der Waals surface area contributed by atoms with Crippen molar-refractivity contribution in [3.63, 3.8) is 0 Å². The number of amides is 1. The molecule has 0 saturated heterocycles. The van der Waals surface area contributed by atoms with Crippen molar-refractivity contribution < 1.29 is 14.3 Å². The van der Waals surface area contributed by atoms with Gasteiger partial charge in [0.25, 0.3) is 5.56 Å². The van der Waals surface area contributed by atoms with Crippen LogP contribution in [0.4, 0.5) is 5.69 Å². The maximum atomic E-state index is 12.7. The number of carbonyl (C=O) groups excluding carboxylic acids is 2. The second kappa shape index (κ2) is 9.74. The largest absolute Gasteiger partial charge is 0.423 e. The van der Waals surface area contributed by atoms with E-state index in [0.29, 0.717) is 27.9 Å². The van der Waals surface area contributed by atoms with Crippen molar-refractivity contribution in [1.29, 1.82) is 0 Å². The van der Waals surface area contributed by atoms with Crippen molar-refractivity contribution in [2.75, 3.05) is 5.32 Å². The number of hydrogen-bond acceptors (Lipinski definition) is 5. The normalized spacial score (nSPS) is 10.9. The van der Waals surface area contributed by atoms with Crippen molar-refractivity contribution >= 4 is 34.4 Å². The predicted molar refractivity (Wildman–Crippen MR) is 127 cm³/mol. The van der Waals surface area contributed by atoms with Gasteiger partial charge in [-0.3, -0.25) is 9.59 Å². The van der Waals surface area contributed by atoms with Gasteiger partial charge in [0.1, 0.15) is 5.75 Å². The molecule has 1 amide bonds. The number of hydrogen-bond donors (Lipinski definition) is 1. The van der Waals surface area contributed by atoms with E-state index in [2.05, 4.69) is 10.4 Å². The van der Waals surface area contributed by atoms with E-state index in [0.717, 1.165) is 5.56 Å². The maximum Gasteiger partial charge on any atom is 0.336 e. The SMILES string of the molecule is Cn1nc(CC(=O)Nc2cccc(OC(=O)/C=C/c3ccccc3)c2)c2ccccc2c1=O. The lowest BCUT2D eigenvalue weighted by atomic mass is 10.1. The van der Waals surface area contributed by atoms with E-state index in [-0.39, 0.29) is 17.9 Å². The molecule has 4 rings (SSSR count). The van der Waals surface area contributed by atoms with Crippen LogP contribution in [0.3, 0.4) is 0 Å². The summed E-state index contributed by atoms with van der Waals surface area (Å²) in [5.41, 5.74) is 1.64. The summed E-state index contributed by atoms with van der Waals surface area (Å²) in [5, 5.41) is 8.19. The van der Waals surface area contributed by atoms with Gasteiger partial charge in [-0.2, -0.15) is 5.10 Å². The molecule has 0 radical (unpaired) electrons. The third-order valence-electron chi connectivity index (χ3n) is 4.91. The molecule has 4 aromatic rings. The lowest BCUT2D eigenvalue weighted by molar-refractivity contribution is -0.128. The quantitative estimate of drug-likeness (QED) is 0.281. The highest BCUT2D eigenvalue weighted by Crippen LogP contribution is 2.19. The minimum atomic E-state index is -0.525. The Morgan fingerprint density at radius 3 is 2.48 bits per heavy atom. The fourth-order valence-electron chi connectivity index (χ4n) is 3.38. The van der Waals surface area contributed by atoms with Gasteiger partial charge in [-0.05, 0) is 29.8 Å². The van der Waals surface area contributed by atoms with Crippen molar-refractivity contribution in [1.82, 2.24) is 9.78 Å². The molecule has 164 valence electrons. The molecule has 0 atom stereocenters. The summed E-state index contributed by atoms with van der Waals surface area (Å²) in [5.74, 6) is -0.525. The number of aromatic nitrogens is 2. The van der Waals surface area contributed by atoms with Crippen LogP contribution >= 0.6 is 0 Å². The second-order valence-corrected chi connectivity index (χ2v) is 7.34. The summed E-state index contributed by atoms with van der Waals surface area (Å²) in [6.07, 6.45) is 2.99. The maximum absolute atomic E-state index is 12.7. The number of nitrogens with one attached hydrogen (secondary N) is 1. The second-order valence-electron chi connectivity index (χ2n) is 7.34. The zero-order valence-electron chi connectivity index (χ0n) is 17.9. The number of esters is 1. The van der Waals surface area contributed by atoms with Gasteiger partial charge in [0.15, 0.2) is 0 Å². The highest BCUT2D eigenvalue weighted by molar-refractivity contribution is 5.95. The number of aryl methyl sites for hydroxylation is 1. The molecular weight excluding hydrogens is 418 g/mol. The summed E-state index contributed by atoms with van der Waals surface area (Å²) in [6.45, 7) is 0. The molecular formula is C26H21N3O4. The first kappa shape index (κ1) is 21.7. The molecule has 0 unspecified atom stereocenters. The van der Waals surface area contributed by atoms with Gasteiger partial charge in [-0.1, -0.05) is 54.6 Å². The molecule has 1 heterocycles. The average Bonchev–Trinajstić information content (AvgIpc) is 2.82. The topological polar surface area (TPSA) is 90.3 Å². The third-order valence-corrected chi connectivity index (χ3v) is 4.91. The number of ether oxygens (including phenoxy) is 1. The van der Waals surface area contributed by atoms with Crippen molar-refractivity contribution in [2.45, 2.75) is 6.42 Å². The first-order chi connectivity index (χ1) is 16.0. The molecule has 7 nitrogen and oxygen atoms in total. The standard InChI is InChI=1S/C26H21N3O4/c1-29-26(32)22-13-6-5-12-21(22)23(28-29)17-24(30)27-19-10-7-11-20(16-19)33-25(31)15-14-18-8-3-2-4-9-18/h2-16H,17H2,1H3,(H,27,30)/b15-14+. The van der Waals surface area contributed by atoms with Crippen LogP contribution in [0.1, 0.15) is 11.3 Å². The Morgan fingerprint density at radius 1 is 0.970 bits per heavy atom. The van der Waals surface area contributed by atoms with Gasteiger partial charge < -0.3 is 10.1 Å². The monoisotopic (exact) mass is 439 g/mol. The molecule has 3 aromatic carbocycles. The summed E-state index contributed by atoms with van der Waals surface area (Å²) in [6, 6.07) is 23.0. The van der Waals surface area contributed by atoms with Crippen LogP contribution < -0.4 is 15.6 Å². The molecule has 0 saturated carbocycles. The molecule has 0 bridgehead atoms. The minimum Gasteiger partial charge on any atom is -0.423 e. The van der Waals surface area contributed by atoms with Crippen LogP contribution in [-0.2, 0) is 23.1 Å². The van der Waals surface area contributed by atoms with E-state index in [4.69, 9.17) is 4.74 Å². The minimum absolute atomic E-state index is 0.0154. The van der Waals surface area contributed by atoms with Crippen LogP contribution in [0.15, 0.2) is 89.7 Å². The highest BCUT2D eigenvalue weighted by Gasteiger charge is 2.13. The fourth-order valence-corrected chi connectivity index (χ4v) is 3.38. The van der Waals surface area contributed by atoms with E-state index < -0.39 is 5.97 Å². The highest BCUT2D eigenvalue weighted by atomic mass is 16.5. The average molecular weight is 439 g/mol. The lowest BCUT2D eigenvalue weighted by Crippen LogP contribution is -2.24. The van der Waals surface area contributed by atoms with E-state index in [1.54, 1.807) is 61.7 Å². The first-order valence-electron chi connectivity index (χ1n) is 10.3. The molecule has 7 heteroatoms. The zero-order valence-corrected chi connectivity index (χ0v) is 17.9. The molecule has 0 aliphatic heterocycles. The number of fused-ring (bicyclic) bond motifs is 1. The summed E-state index contributed by atoms with van der Waals surface area (Å²) < 4.78 is 6.57. The summed E-state index contributed by atoms with van der Waals surface area (Å²) in [7, 11) is 1.56. The molecule has 0 aliphatic rings. The Kier molecular flexibility index (Phi) is 6.40. The van der Waals surface area contributed by atoms with Crippen molar-refractivity contribution in [2.24, 2.45) is 7.05 Å². The third kappa shape index (κ3) is 5.40. The molecule has 1 N–H and O–H groups in total. The molecule has 0 spiro atoms. The van der Waals surface area contributed by atoms with E-state index in [1.807, 2.05) is 30.3 Å². The number of rotatable bonds is 6. The Hall–Kier alpha value is -4.52. The zero-order chi connectivity index (χ0) is 23.2. The smallest absolute Gasteiger partial charge is 0.336 e. The number of anilines is 1. The van der Waals surface area contributed by atoms with Gasteiger partial charge in [0.2, 0.25) is 5.91 Å². The number of carbonyl (C=O) groups is 2. The molecule has 33 heavy (non-hydrogen) atoms. The van der Waals surface area contributed by atoms with E-state index in [9.17, 15) is 14.4 Å². The van der Waals surface area contributed by atoms with Crippen molar-refractivity contribution in [3.05, 3.63) is 107 Å². The van der Waals surface area contributed by atoms with Gasteiger partial charge in [0.05, 0.1) is 17.5 Å². The van der Waals surface area contributed by atoms with Gasteiger partial charge in [0, 0.05) is 30.3 Å². The Balaban J connectivity index is 1.43. The predicted octanol–water partition coefficient (Wildman–Crippen LogP) is 3.73. The molecule has 0 fully saturated rings. The summed E-state index contributed by atoms with van der Waals surface area (Å²) >= 11 is 0. The van der Waals surface area contributed by atoms with Crippen LogP contribution in [-0.4, -0.2) is 21.7 Å². The Morgan fingerprint density at radius 2 is 1.70 bits per heavy atom. The van der Waals surface area contributed by atoms with Crippen LogP contribution in [0.5, 0.6) is 5.75 Å². The lowest BCUT2D eigenvalue weighted by Gasteiger charge is -2.10. The van der Waals surface area contributed by atoms with E-state index >= 15 is 0 Å². The van der Waals surface area contributed by atoms with Crippen LogP contribution in [0.2, 0.25) is 0 Å². The molecule has 0 aliphatic carbocycles. The van der Waals surface area contributed by atoms with E-state index in [1.165, 1.54) is 10.8 Å². The van der Waals surface area contributed by atoms with Crippen LogP contribution in [0.25, 0.3) is 16.8 Å². The fraction of sp³-hybridized carbons (Fsp3) is 0.0769. The Labute approximate surface area is 189 Å². The van der Waals surface area contributed by atoms with Gasteiger partial charge in [-0.25, -0.2) is 9.48 Å². The summed E-state index contributed by atoms with van der Waals surface area (Å²) in [4.78, 5) is 37.0. The first-order valence-corrected chi connectivity index (χ1v) is 10.3. The van der Waals surface area contributed by atoms with Gasteiger partial charge in [-0.15, -0.1) is 0 Å². The Bertz CT molecular complexity index is 1410. The van der Waals surface area contributed by atoms with Crippen LogP contribution in [0, 0.1) is 0 Å². The van der Waals surface area contributed by atoms with Gasteiger partial charge >= 0.3 is 5.97 Å². The number of benzene rings is 3. The van der Waals surface area contributed by atoms with Crippen molar-refractivity contribution in [3.8, 4) is 5.75 Å².